The lowest BCUT2D eigenvalue weighted by molar-refractivity contribution is -0.133. The molecule has 5 rings (SSSR count). The molecule has 0 saturated carbocycles. The van der Waals surface area contributed by atoms with Crippen LogP contribution in [-0.2, 0) is 16.1 Å². The Balaban J connectivity index is 1.50. The number of carbonyl (C=O) groups is 1. The lowest BCUT2D eigenvalue weighted by atomic mass is 10.2. The van der Waals surface area contributed by atoms with Crippen LogP contribution in [0, 0.1) is 0 Å². The topological polar surface area (TPSA) is 106 Å². The van der Waals surface area contributed by atoms with Gasteiger partial charge < -0.3 is 14.8 Å². The molecule has 0 fully saturated rings. The average molecular weight is 576 g/mol. The summed E-state index contributed by atoms with van der Waals surface area (Å²) in [5.74, 6) is 0.132. The highest BCUT2D eigenvalue weighted by molar-refractivity contribution is 9.10. The SMILES string of the molecule is COC(=O)C(=C(O)CSc1nnc(-c2ccccc2Br)n1Cc1ccccc1)c1nc2ccccc2[nH]1. The van der Waals surface area contributed by atoms with Gasteiger partial charge in [0.15, 0.2) is 11.0 Å². The number of aliphatic hydroxyl groups excluding tert-OH is 1. The van der Waals surface area contributed by atoms with Gasteiger partial charge in [-0.1, -0.05) is 88.4 Å². The molecule has 0 aliphatic carbocycles. The first kappa shape index (κ1) is 24.8. The molecule has 0 bridgehead atoms. The number of thioether (sulfide) groups is 1. The fourth-order valence-electron chi connectivity index (χ4n) is 3.88. The van der Waals surface area contributed by atoms with E-state index in [1.165, 1.54) is 18.9 Å². The van der Waals surface area contributed by atoms with E-state index < -0.39 is 5.97 Å². The number of esters is 1. The van der Waals surface area contributed by atoms with E-state index in [1.54, 1.807) is 0 Å². The van der Waals surface area contributed by atoms with Gasteiger partial charge in [-0.2, -0.15) is 0 Å². The predicted molar refractivity (Wildman–Crippen MR) is 147 cm³/mol. The largest absolute Gasteiger partial charge is 0.510 e. The molecule has 37 heavy (non-hydrogen) atoms. The number of nitrogens with one attached hydrogen (secondary N) is 1. The monoisotopic (exact) mass is 575 g/mol. The number of benzene rings is 3. The molecule has 8 nitrogen and oxygen atoms in total. The predicted octanol–water partition coefficient (Wildman–Crippen LogP) is 5.87. The lowest BCUT2D eigenvalue weighted by Gasteiger charge is -2.12. The van der Waals surface area contributed by atoms with Gasteiger partial charge in [-0.25, -0.2) is 9.78 Å². The number of imidazole rings is 1. The second kappa shape index (κ2) is 11.0. The summed E-state index contributed by atoms with van der Waals surface area (Å²) in [4.78, 5) is 20.2. The molecule has 0 unspecified atom stereocenters. The summed E-state index contributed by atoms with van der Waals surface area (Å²) in [5, 5.41) is 20.5. The Hall–Kier alpha value is -3.89. The molecule has 10 heteroatoms. The van der Waals surface area contributed by atoms with Crippen LogP contribution in [-0.4, -0.2) is 48.7 Å². The Morgan fingerprint density at radius 2 is 1.76 bits per heavy atom. The van der Waals surface area contributed by atoms with Gasteiger partial charge in [0.05, 0.1) is 30.4 Å². The zero-order valence-corrected chi connectivity index (χ0v) is 22.2. The molecule has 0 saturated heterocycles. The van der Waals surface area contributed by atoms with Crippen molar-refractivity contribution < 1.29 is 14.6 Å². The van der Waals surface area contributed by atoms with Crippen LogP contribution < -0.4 is 0 Å². The van der Waals surface area contributed by atoms with E-state index in [0.29, 0.717) is 23.0 Å². The number of hydrogen-bond acceptors (Lipinski definition) is 7. The molecule has 2 N–H and O–H groups in total. The number of halogens is 1. The summed E-state index contributed by atoms with van der Waals surface area (Å²) < 4.78 is 7.84. The number of carbonyl (C=O) groups excluding carboxylic acids is 1. The van der Waals surface area contributed by atoms with Gasteiger partial charge in [0.2, 0.25) is 0 Å². The highest BCUT2D eigenvalue weighted by atomic mass is 79.9. The summed E-state index contributed by atoms with van der Waals surface area (Å²) in [6.07, 6.45) is 0. The van der Waals surface area contributed by atoms with Crippen LogP contribution in [0.25, 0.3) is 28.0 Å². The maximum Gasteiger partial charge on any atom is 0.345 e. The van der Waals surface area contributed by atoms with Gasteiger partial charge >= 0.3 is 5.97 Å². The molecule has 0 radical (unpaired) electrons. The number of aromatic nitrogens is 5. The van der Waals surface area contributed by atoms with Crippen LogP contribution in [0.4, 0.5) is 0 Å². The number of hydrogen-bond donors (Lipinski definition) is 2. The summed E-state index contributed by atoms with van der Waals surface area (Å²) in [7, 11) is 1.27. The molecular formula is C27H22BrN5O3S. The average Bonchev–Trinajstić information content (AvgIpc) is 3.52. The van der Waals surface area contributed by atoms with Crippen molar-refractivity contribution in [1.29, 1.82) is 0 Å². The molecule has 3 aromatic carbocycles. The quantitative estimate of drug-likeness (QED) is 0.103. The van der Waals surface area contributed by atoms with Crippen molar-refractivity contribution in [2.24, 2.45) is 0 Å². The Morgan fingerprint density at radius 3 is 2.51 bits per heavy atom. The van der Waals surface area contributed by atoms with Gasteiger partial charge in [0.1, 0.15) is 17.2 Å². The molecule has 0 spiro atoms. The number of ether oxygens (including phenoxy) is 1. The summed E-state index contributed by atoms with van der Waals surface area (Å²) in [6.45, 7) is 0.532. The number of para-hydroxylation sites is 2. The van der Waals surface area contributed by atoms with Crippen molar-refractivity contribution in [3.8, 4) is 11.4 Å². The smallest absolute Gasteiger partial charge is 0.345 e. The van der Waals surface area contributed by atoms with Crippen molar-refractivity contribution in [3.05, 3.63) is 100 Å². The van der Waals surface area contributed by atoms with E-state index in [1.807, 2.05) is 83.4 Å². The Kier molecular flexibility index (Phi) is 7.38. The van der Waals surface area contributed by atoms with Crippen LogP contribution in [0.1, 0.15) is 11.4 Å². The third kappa shape index (κ3) is 5.30. The Labute approximate surface area is 225 Å². The number of aromatic amines is 1. The third-order valence-corrected chi connectivity index (χ3v) is 7.33. The van der Waals surface area contributed by atoms with Crippen molar-refractivity contribution in [2.75, 3.05) is 12.9 Å². The fraction of sp³-hybridized carbons (Fsp3) is 0.111. The van der Waals surface area contributed by atoms with Crippen molar-refractivity contribution >= 4 is 50.3 Å². The summed E-state index contributed by atoms with van der Waals surface area (Å²) in [5.41, 5.74) is 3.39. The molecule has 186 valence electrons. The van der Waals surface area contributed by atoms with E-state index in [9.17, 15) is 9.90 Å². The van der Waals surface area contributed by atoms with Gasteiger partial charge in [-0.3, -0.25) is 4.57 Å². The second-order valence-corrected chi connectivity index (χ2v) is 9.86. The van der Waals surface area contributed by atoms with Crippen molar-refractivity contribution in [1.82, 2.24) is 24.7 Å². The first-order valence-electron chi connectivity index (χ1n) is 11.4. The highest BCUT2D eigenvalue weighted by Gasteiger charge is 2.23. The normalized spacial score (nSPS) is 11.9. The number of H-pyrrole nitrogens is 1. The van der Waals surface area contributed by atoms with Crippen LogP contribution in [0.2, 0.25) is 0 Å². The molecule has 0 atom stereocenters. The van der Waals surface area contributed by atoms with E-state index in [-0.39, 0.29) is 22.9 Å². The molecular weight excluding hydrogens is 554 g/mol. The van der Waals surface area contributed by atoms with Crippen LogP contribution in [0.3, 0.4) is 0 Å². The molecule has 2 heterocycles. The molecule has 2 aromatic heterocycles. The van der Waals surface area contributed by atoms with E-state index in [0.717, 1.165) is 21.1 Å². The maximum atomic E-state index is 12.6. The second-order valence-electron chi connectivity index (χ2n) is 8.06. The number of methoxy groups -OCH3 is 1. The van der Waals surface area contributed by atoms with Crippen molar-refractivity contribution in [2.45, 2.75) is 11.7 Å². The van der Waals surface area contributed by atoms with Gasteiger partial charge in [0.25, 0.3) is 0 Å². The van der Waals surface area contributed by atoms with E-state index in [2.05, 4.69) is 36.1 Å². The Morgan fingerprint density at radius 1 is 1.03 bits per heavy atom. The minimum atomic E-state index is -0.684. The first-order valence-corrected chi connectivity index (χ1v) is 13.1. The van der Waals surface area contributed by atoms with Gasteiger partial charge in [-0.15, -0.1) is 10.2 Å². The minimum absolute atomic E-state index is 0.0219. The number of rotatable bonds is 8. The third-order valence-electron chi connectivity index (χ3n) is 5.66. The highest BCUT2D eigenvalue weighted by Crippen LogP contribution is 2.31. The number of aliphatic hydroxyl groups is 1. The van der Waals surface area contributed by atoms with Gasteiger partial charge in [-0.05, 0) is 23.8 Å². The summed E-state index contributed by atoms with van der Waals surface area (Å²) >= 11 is 4.88. The summed E-state index contributed by atoms with van der Waals surface area (Å²) in [6, 6.07) is 25.2. The zero-order chi connectivity index (χ0) is 25.8. The van der Waals surface area contributed by atoms with E-state index in [4.69, 9.17) is 4.74 Å². The van der Waals surface area contributed by atoms with Crippen LogP contribution in [0.5, 0.6) is 0 Å². The van der Waals surface area contributed by atoms with Crippen molar-refractivity contribution in [3.63, 3.8) is 0 Å². The maximum absolute atomic E-state index is 12.6. The minimum Gasteiger partial charge on any atom is -0.510 e. The fourth-order valence-corrected chi connectivity index (χ4v) is 5.15. The molecule has 0 aliphatic rings. The molecule has 5 aromatic rings. The van der Waals surface area contributed by atoms with Crippen LogP contribution >= 0.6 is 27.7 Å². The van der Waals surface area contributed by atoms with Crippen LogP contribution in [0.15, 0.2) is 94.3 Å². The first-order chi connectivity index (χ1) is 18.0. The molecule has 0 amide bonds. The number of nitrogens with zero attached hydrogens (tertiary/aromatic N) is 4. The molecule has 0 aliphatic heterocycles. The van der Waals surface area contributed by atoms with Gasteiger partial charge in [0, 0.05) is 10.0 Å². The van der Waals surface area contributed by atoms with E-state index >= 15 is 0 Å². The number of fused-ring (bicyclic) bond motifs is 1. The zero-order valence-electron chi connectivity index (χ0n) is 19.8. The lowest BCUT2D eigenvalue weighted by Crippen LogP contribution is -2.10. The Bertz CT molecular complexity index is 1560. The standard InChI is InChI=1S/C27H22BrN5O3S/c1-36-26(35)23(24-29-20-13-7-8-14-21(20)30-24)22(34)16-37-27-32-31-25(18-11-5-6-12-19(18)28)33(27)15-17-9-3-2-4-10-17/h2-14,34H,15-16H2,1H3,(H,29,30).